The molecule has 0 radical (unpaired) electrons. The minimum Gasteiger partial charge on any atom is -0.497 e. The molecule has 2 aromatic carbocycles. The summed E-state index contributed by atoms with van der Waals surface area (Å²) < 4.78 is 16.9. The van der Waals surface area contributed by atoms with Crippen molar-refractivity contribution in [3.8, 4) is 11.5 Å². The Morgan fingerprint density at radius 3 is 2.81 bits per heavy atom. The highest BCUT2D eigenvalue weighted by Gasteiger charge is 2.18. The number of nitrogens with one attached hydrogen (secondary N) is 2. The lowest BCUT2D eigenvalue weighted by Crippen LogP contribution is -2.38. The Bertz CT molecular complexity index is 839. The Kier molecular flexibility index (Phi) is 10.9. The molecular weight excluding hydrogens is 505 g/mol. The molecule has 0 aromatic heterocycles. The molecule has 2 N–H and O–H groups in total. The van der Waals surface area contributed by atoms with Gasteiger partial charge < -0.3 is 24.8 Å². The molecule has 0 amide bonds. The summed E-state index contributed by atoms with van der Waals surface area (Å²) in [4.78, 5) is 4.77. The Hall–Kier alpha value is -2.00. The average molecular weight is 539 g/mol. The highest BCUT2D eigenvalue weighted by molar-refractivity contribution is 14.0. The van der Waals surface area contributed by atoms with Gasteiger partial charge in [-0.3, -0.25) is 0 Å². The number of nitrogens with zero attached hydrogens (tertiary/aromatic N) is 1. The van der Waals surface area contributed by atoms with E-state index in [9.17, 15) is 0 Å². The molecule has 1 aliphatic rings. The number of guanidine groups is 1. The first-order chi connectivity index (χ1) is 14.7. The van der Waals surface area contributed by atoms with Crippen LogP contribution in [0.4, 0.5) is 0 Å². The van der Waals surface area contributed by atoms with E-state index in [1.807, 2.05) is 12.1 Å². The van der Waals surface area contributed by atoms with Crippen LogP contribution in [0.3, 0.4) is 0 Å². The van der Waals surface area contributed by atoms with Crippen LogP contribution in [0.2, 0.25) is 0 Å². The van der Waals surface area contributed by atoms with Crippen LogP contribution in [0.25, 0.3) is 0 Å². The number of aliphatic imine (C=N–C) groups is 1. The van der Waals surface area contributed by atoms with Gasteiger partial charge in [0.1, 0.15) is 17.6 Å². The van der Waals surface area contributed by atoms with Gasteiger partial charge in [0.2, 0.25) is 0 Å². The predicted molar refractivity (Wildman–Crippen MR) is 136 cm³/mol. The van der Waals surface area contributed by atoms with E-state index in [1.54, 1.807) is 7.11 Å². The first-order valence-corrected chi connectivity index (χ1v) is 10.7. The maximum absolute atomic E-state index is 6.19. The maximum atomic E-state index is 6.19. The van der Waals surface area contributed by atoms with Gasteiger partial charge in [0, 0.05) is 25.1 Å². The lowest BCUT2D eigenvalue weighted by molar-refractivity contribution is 0.140. The number of halogens is 1. The van der Waals surface area contributed by atoms with Crippen molar-refractivity contribution in [2.45, 2.75) is 39.3 Å². The Morgan fingerprint density at radius 1 is 1.19 bits per heavy atom. The third-order valence-electron chi connectivity index (χ3n) is 5.00. The standard InChI is InChI=1S/C24H33N3O3.HI/c1-4-25-24(26-12-10-19-6-5-7-21(15-19)28-3)27-16-20-9-8-18(2)14-23(20)30-22-11-13-29-17-22;/h5-9,14-15,22H,4,10-13,16-17H2,1-3H3,(H2,25,26,27);1H. The van der Waals surface area contributed by atoms with Crippen molar-refractivity contribution in [2.24, 2.45) is 4.99 Å². The molecule has 2 aromatic rings. The molecule has 3 rings (SSSR count). The minimum absolute atomic E-state index is 0. The van der Waals surface area contributed by atoms with E-state index in [2.05, 4.69) is 54.8 Å². The van der Waals surface area contributed by atoms with E-state index in [1.165, 1.54) is 11.1 Å². The van der Waals surface area contributed by atoms with Crippen molar-refractivity contribution in [2.75, 3.05) is 33.4 Å². The van der Waals surface area contributed by atoms with Crippen LogP contribution in [0, 0.1) is 6.92 Å². The minimum atomic E-state index is 0. The van der Waals surface area contributed by atoms with Gasteiger partial charge in [0.25, 0.3) is 0 Å². The molecule has 1 saturated heterocycles. The van der Waals surface area contributed by atoms with Gasteiger partial charge in [-0.15, -0.1) is 24.0 Å². The van der Waals surface area contributed by atoms with Crippen molar-refractivity contribution in [1.82, 2.24) is 10.6 Å². The van der Waals surface area contributed by atoms with Gasteiger partial charge in [-0.2, -0.15) is 0 Å². The smallest absolute Gasteiger partial charge is 0.191 e. The van der Waals surface area contributed by atoms with Crippen molar-refractivity contribution >= 4 is 29.9 Å². The second-order valence-corrected chi connectivity index (χ2v) is 7.44. The quantitative estimate of drug-likeness (QED) is 0.286. The van der Waals surface area contributed by atoms with Crippen LogP contribution in [-0.4, -0.2) is 45.5 Å². The van der Waals surface area contributed by atoms with Gasteiger partial charge in [-0.05, 0) is 49.6 Å². The van der Waals surface area contributed by atoms with Crippen molar-refractivity contribution in [3.63, 3.8) is 0 Å². The van der Waals surface area contributed by atoms with Crippen LogP contribution in [0.15, 0.2) is 47.5 Å². The highest BCUT2D eigenvalue weighted by Crippen LogP contribution is 2.24. The maximum Gasteiger partial charge on any atom is 0.191 e. The predicted octanol–water partition coefficient (Wildman–Crippen LogP) is 4.09. The second kappa shape index (κ2) is 13.4. The molecule has 1 heterocycles. The number of benzene rings is 2. The summed E-state index contributed by atoms with van der Waals surface area (Å²) in [5, 5.41) is 6.74. The molecule has 1 unspecified atom stereocenters. The fourth-order valence-corrected chi connectivity index (χ4v) is 3.35. The molecule has 0 aliphatic carbocycles. The Morgan fingerprint density at radius 2 is 2.06 bits per heavy atom. The zero-order valence-electron chi connectivity index (χ0n) is 18.6. The normalized spacial score (nSPS) is 15.8. The molecule has 0 bridgehead atoms. The zero-order valence-corrected chi connectivity index (χ0v) is 21.0. The summed E-state index contributed by atoms with van der Waals surface area (Å²) in [6.45, 7) is 7.72. The monoisotopic (exact) mass is 539 g/mol. The van der Waals surface area contributed by atoms with Gasteiger partial charge in [0.15, 0.2) is 5.96 Å². The molecule has 170 valence electrons. The summed E-state index contributed by atoms with van der Waals surface area (Å²) in [6, 6.07) is 14.4. The summed E-state index contributed by atoms with van der Waals surface area (Å²) >= 11 is 0. The van der Waals surface area contributed by atoms with Crippen LogP contribution >= 0.6 is 24.0 Å². The summed E-state index contributed by atoms with van der Waals surface area (Å²) in [6.07, 6.45) is 1.96. The molecule has 0 saturated carbocycles. The van der Waals surface area contributed by atoms with E-state index < -0.39 is 0 Å². The third kappa shape index (κ3) is 8.22. The molecular formula is C24H34IN3O3. The SMILES string of the molecule is CCNC(=NCc1ccc(C)cc1OC1CCOC1)NCCc1cccc(OC)c1.I. The number of methoxy groups -OCH3 is 1. The highest BCUT2D eigenvalue weighted by atomic mass is 127. The number of aryl methyl sites for hydroxylation is 1. The molecule has 7 heteroatoms. The lowest BCUT2D eigenvalue weighted by atomic mass is 10.1. The van der Waals surface area contributed by atoms with E-state index in [-0.39, 0.29) is 30.1 Å². The van der Waals surface area contributed by atoms with Crippen LogP contribution in [0.1, 0.15) is 30.0 Å². The van der Waals surface area contributed by atoms with E-state index in [4.69, 9.17) is 19.2 Å². The van der Waals surface area contributed by atoms with Gasteiger partial charge in [-0.1, -0.05) is 24.3 Å². The van der Waals surface area contributed by atoms with Crippen LogP contribution in [-0.2, 0) is 17.7 Å². The first kappa shape index (κ1) is 25.3. The van der Waals surface area contributed by atoms with Crippen molar-refractivity contribution in [1.29, 1.82) is 0 Å². The average Bonchev–Trinajstić information content (AvgIpc) is 3.26. The summed E-state index contributed by atoms with van der Waals surface area (Å²) in [5.74, 6) is 2.59. The fraction of sp³-hybridized carbons (Fsp3) is 0.458. The summed E-state index contributed by atoms with van der Waals surface area (Å²) in [5.41, 5.74) is 3.49. The topological polar surface area (TPSA) is 64.1 Å². The second-order valence-electron chi connectivity index (χ2n) is 7.44. The molecule has 6 nitrogen and oxygen atoms in total. The Balaban J connectivity index is 0.00000341. The van der Waals surface area contributed by atoms with Crippen molar-refractivity contribution < 1.29 is 14.2 Å². The van der Waals surface area contributed by atoms with E-state index >= 15 is 0 Å². The van der Waals surface area contributed by atoms with Gasteiger partial charge >= 0.3 is 0 Å². The van der Waals surface area contributed by atoms with Crippen molar-refractivity contribution in [3.05, 3.63) is 59.2 Å². The molecule has 31 heavy (non-hydrogen) atoms. The molecule has 1 aliphatic heterocycles. The molecule has 1 atom stereocenters. The van der Waals surface area contributed by atoms with E-state index in [0.717, 1.165) is 55.6 Å². The Labute approximate surface area is 202 Å². The first-order valence-electron chi connectivity index (χ1n) is 10.7. The largest absolute Gasteiger partial charge is 0.497 e. The number of hydrogen-bond donors (Lipinski definition) is 2. The summed E-state index contributed by atoms with van der Waals surface area (Å²) in [7, 11) is 1.69. The van der Waals surface area contributed by atoms with E-state index in [0.29, 0.717) is 13.2 Å². The van der Waals surface area contributed by atoms with Gasteiger partial charge in [0.05, 0.1) is 26.9 Å². The lowest BCUT2D eigenvalue weighted by Gasteiger charge is -2.16. The third-order valence-corrected chi connectivity index (χ3v) is 5.00. The number of ether oxygens (including phenoxy) is 3. The van der Waals surface area contributed by atoms with Gasteiger partial charge in [-0.25, -0.2) is 4.99 Å². The number of rotatable bonds is 9. The number of hydrogen-bond acceptors (Lipinski definition) is 4. The molecule has 1 fully saturated rings. The zero-order chi connectivity index (χ0) is 21.2. The van der Waals surface area contributed by atoms with Crippen LogP contribution in [0.5, 0.6) is 11.5 Å². The fourth-order valence-electron chi connectivity index (χ4n) is 3.35. The van der Waals surface area contributed by atoms with Crippen LogP contribution < -0.4 is 20.1 Å². The molecule has 0 spiro atoms.